The number of hydrogen-bond donors (Lipinski definition) is 2. The van der Waals surface area contributed by atoms with E-state index in [9.17, 15) is 4.79 Å². The van der Waals surface area contributed by atoms with Crippen LogP contribution in [0.15, 0.2) is 24.4 Å². The average Bonchev–Trinajstić information content (AvgIpc) is 2.68. The highest BCUT2D eigenvalue weighted by molar-refractivity contribution is 7.98. The number of rotatable bonds is 4. The number of carboxylic acid groups (broad SMARTS) is 1. The van der Waals surface area contributed by atoms with Crippen molar-refractivity contribution < 1.29 is 9.90 Å². The second-order valence-electron chi connectivity index (χ2n) is 3.52. The third-order valence-corrected chi connectivity index (χ3v) is 3.40. The van der Waals surface area contributed by atoms with E-state index >= 15 is 0 Å². The minimum absolute atomic E-state index is 0.342. The molecule has 3 nitrogen and oxygen atoms in total. The van der Waals surface area contributed by atoms with Crippen molar-refractivity contribution in [3.63, 3.8) is 0 Å². The number of aromatic nitrogens is 1. The number of fused-ring (bicyclic) bond motifs is 1. The molecule has 0 spiro atoms. The highest BCUT2D eigenvalue weighted by atomic mass is 32.2. The molecule has 0 atom stereocenters. The van der Waals surface area contributed by atoms with Gasteiger partial charge >= 0.3 is 5.97 Å². The van der Waals surface area contributed by atoms with Crippen molar-refractivity contribution in [3.05, 3.63) is 35.5 Å². The summed E-state index contributed by atoms with van der Waals surface area (Å²) in [6, 6.07) is 5.18. The van der Waals surface area contributed by atoms with E-state index in [0.29, 0.717) is 5.56 Å². The Bertz CT molecular complexity index is 519. The van der Waals surface area contributed by atoms with Gasteiger partial charge in [-0.15, -0.1) is 0 Å². The van der Waals surface area contributed by atoms with Crippen molar-refractivity contribution in [3.8, 4) is 0 Å². The molecule has 0 bridgehead atoms. The van der Waals surface area contributed by atoms with Crippen LogP contribution in [-0.4, -0.2) is 21.8 Å². The summed E-state index contributed by atoms with van der Waals surface area (Å²) in [5.74, 6) is 1.10. The Morgan fingerprint density at radius 2 is 2.31 bits per heavy atom. The molecule has 1 aromatic heterocycles. The summed E-state index contributed by atoms with van der Waals surface area (Å²) >= 11 is 1.83. The molecule has 1 heterocycles. The van der Waals surface area contributed by atoms with Gasteiger partial charge in [0, 0.05) is 22.9 Å². The molecule has 0 fully saturated rings. The Morgan fingerprint density at radius 1 is 1.50 bits per heavy atom. The zero-order chi connectivity index (χ0) is 11.5. The number of aromatic amines is 1. The van der Waals surface area contributed by atoms with Gasteiger partial charge in [-0.1, -0.05) is 6.92 Å². The van der Waals surface area contributed by atoms with Gasteiger partial charge in [0.05, 0.1) is 5.56 Å². The topological polar surface area (TPSA) is 53.1 Å². The molecule has 0 amide bonds. The summed E-state index contributed by atoms with van der Waals surface area (Å²) in [5, 5.41) is 9.95. The predicted molar refractivity (Wildman–Crippen MR) is 67.1 cm³/mol. The molecular weight excluding hydrogens is 222 g/mol. The Labute approximate surface area is 97.9 Å². The second kappa shape index (κ2) is 4.61. The van der Waals surface area contributed by atoms with Gasteiger partial charge < -0.3 is 10.1 Å². The molecule has 16 heavy (non-hydrogen) atoms. The van der Waals surface area contributed by atoms with Gasteiger partial charge in [0.25, 0.3) is 0 Å². The third kappa shape index (κ3) is 2.07. The van der Waals surface area contributed by atoms with Gasteiger partial charge in [-0.3, -0.25) is 0 Å². The van der Waals surface area contributed by atoms with Crippen LogP contribution in [0.5, 0.6) is 0 Å². The van der Waals surface area contributed by atoms with E-state index < -0.39 is 5.97 Å². The number of thioether (sulfide) groups is 1. The van der Waals surface area contributed by atoms with Crippen molar-refractivity contribution in [2.45, 2.75) is 12.7 Å². The van der Waals surface area contributed by atoms with Crippen molar-refractivity contribution in [2.75, 3.05) is 5.75 Å². The zero-order valence-electron chi connectivity index (χ0n) is 8.99. The predicted octanol–water partition coefficient (Wildman–Crippen LogP) is 3.12. The van der Waals surface area contributed by atoms with Crippen LogP contribution < -0.4 is 0 Å². The second-order valence-corrected chi connectivity index (χ2v) is 4.79. The van der Waals surface area contributed by atoms with E-state index in [-0.39, 0.29) is 0 Å². The Hall–Kier alpha value is -1.42. The lowest BCUT2D eigenvalue weighted by molar-refractivity contribution is 0.0697. The molecule has 0 aliphatic heterocycles. The minimum atomic E-state index is -0.878. The first kappa shape index (κ1) is 11.1. The molecule has 0 aliphatic carbocycles. The number of carbonyl (C=O) groups is 1. The van der Waals surface area contributed by atoms with E-state index in [1.54, 1.807) is 12.1 Å². The SMILES string of the molecule is CCSCc1c[nH]c2ccc(C(=O)O)cc12. The molecule has 2 N–H and O–H groups in total. The number of aromatic carboxylic acids is 1. The summed E-state index contributed by atoms with van der Waals surface area (Å²) in [6.45, 7) is 2.11. The number of nitrogens with one attached hydrogen (secondary N) is 1. The molecule has 0 unspecified atom stereocenters. The van der Waals surface area contributed by atoms with Gasteiger partial charge in [-0.05, 0) is 29.5 Å². The molecule has 0 aliphatic rings. The fraction of sp³-hybridized carbons (Fsp3) is 0.250. The largest absolute Gasteiger partial charge is 0.478 e. The molecule has 0 saturated heterocycles. The van der Waals surface area contributed by atoms with Crippen LogP contribution in [0.2, 0.25) is 0 Å². The van der Waals surface area contributed by atoms with Crippen molar-refractivity contribution in [2.24, 2.45) is 0 Å². The van der Waals surface area contributed by atoms with E-state index in [2.05, 4.69) is 11.9 Å². The smallest absolute Gasteiger partial charge is 0.335 e. The highest BCUT2D eigenvalue weighted by Gasteiger charge is 2.07. The fourth-order valence-electron chi connectivity index (χ4n) is 1.64. The Morgan fingerprint density at radius 3 is 3.00 bits per heavy atom. The summed E-state index contributed by atoms with van der Waals surface area (Å²) in [6.07, 6.45) is 1.96. The van der Waals surface area contributed by atoms with Gasteiger partial charge in [-0.25, -0.2) is 4.79 Å². The maximum atomic E-state index is 10.9. The van der Waals surface area contributed by atoms with E-state index in [4.69, 9.17) is 5.11 Å². The molecule has 2 rings (SSSR count). The van der Waals surface area contributed by atoms with E-state index in [0.717, 1.165) is 22.4 Å². The number of H-pyrrole nitrogens is 1. The minimum Gasteiger partial charge on any atom is -0.478 e. The summed E-state index contributed by atoms with van der Waals surface area (Å²) in [4.78, 5) is 14.0. The van der Waals surface area contributed by atoms with Crippen molar-refractivity contribution >= 4 is 28.6 Å². The van der Waals surface area contributed by atoms with Crippen LogP contribution in [0.3, 0.4) is 0 Å². The van der Waals surface area contributed by atoms with Gasteiger partial charge in [0.15, 0.2) is 0 Å². The van der Waals surface area contributed by atoms with Crippen LogP contribution in [0.25, 0.3) is 10.9 Å². The average molecular weight is 235 g/mol. The van der Waals surface area contributed by atoms with Crippen LogP contribution in [0, 0.1) is 0 Å². The molecule has 1 aromatic carbocycles. The molecule has 0 radical (unpaired) electrons. The molecule has 2 aromatic rings. The number of benzene rings is 1. The molecule has 84 valence electrons. The molecule has 0 saturated carbocycles. The maximum absolute atomic E-state index is 10.9. The lowest BCUT2D eigenvalue weighted by Crippen LogP contribution is -1.95. The lowest BCUT2D eigenvalue weighted by atomic mass is 10.1. The lowest BCUT2D eigenvalue weighted by Gasteiger charge is -1.99. The van der Waals surface area contributed by atoms with Gasteiger partial charge in [0.2, 0.25) is 0 Å². The van der Waals surface area contributed by atoms with Crippen LogP contribution in [0.4, 0.5) is 0 Å². The fourth-order valence-corrected chi connectivity index (χ4v) is 2.31. The molecular formula is C12H13NO2S. The van der Waals surface area contributed by atoms with Crippen LogP contribution >= 0.6 is 11.8 Å². The normalized spacial score (nSPS) is 10.8. The van der Waals surface area contributed by atoms with Gasteiger partial charge in [-0.2, -0.15) is 11.8 Å². The standard InChI is InChI=1S/C12H13NO2S/c1-2-16-7-9-6-13-11-4-3-8(12(14)15)5-10(9)11/h3-6,13H,2,7H2,1H3,(H,14,15). The quantitative estimate of drug-likeness (QED) is 0.856. The monoisotopic (exact) mass is 235 g/mol. The first-order valence-electron chi connectivity index (χ1n) is 5.13. The molecule has 4 heteroatoms. The summed E-state index contributed by atoms with van der Waals surface area (Å²) < 4.78 is 0. The third-order valence-electron chi connectivity index (χ3n) is 2.48. The summed E-state index contributed by atoms with van der Waals surface area (Å²) in [7, 11) is 0. The van der Waals surface area contributed by atoms with Gasteiger partial charge in [0.1, 0.15) is 0 Å². The van der Waals surface area contributed by atoms with E-state index in [1.165, 1.54) is 5.56 Å². The Balaban J connectivity index is 2.43. The number of hydrogen-bond acceptors (Lipinski definition) is 2. The first-order chi connectivity index (χ1) is 7.72. The first-order valence-corrected chi connectivity index (χ1v) is 6.29. The Kier molecular flexibility index (Phi) is 3.19. The summed E-state index contributed by atoms with van der Waals surface area (Å²) in [5.41, 5.74) is 2.51. The van der Waals surface area contributed by atoms with Crippen molar-refractivity contribution in [1.82, 2.24) is 4.98 Å². The zero-order valence-corrected chi connectivity index (χ0v) is 9.80. The van der Waals surface area contributed by atoms with Crippen LogP contribution in [0.1, 0.15) is 22.8 Å². The van der Waals surface area contributed by atoms with Crippen molar-refractivity contribution in [1.29, 1.82) is 0 Å². The van der Waals surface area contributed by atoms with Crippen LogP contribution in [-0.2, 0) is 5.75 Å². The van der Waals surface area contributed by atoms with E-state index in [1.807, 2.05) is 24.0 Å². The highest BCUT2D eigenvalue weighted by Crippen LogP contribution is 2.23. The maximum Gasteiger partial charge on any atom is 0.335 e. The number of carboxylic acids is 1.